The second-order valence-electron chi connectivity index (χ2n) is 8.36. The highest BCUT2D eigenvalue weighted by Gasteiger charge is 2.21. The highest BCUT2D eigenvalue weighted by Crippen LogP contribution is 2.26. The van der Waals surface area contributed by atoms with E-state index in [9.17, 15) is 21.6 Å². The largest absolute Gasteiger partial charge is 0.457 e. The highest BCUT2D eigenvalue weighted by molar-refractivity contribution is 9.10. The first kappa shape index (κ1) is 28.1. The minimum atomic E-state index is -3.85. The summed E-state index contributed by atoms with van der Waals surface area (Å²) in [6, 6.07) is 27.6. The molecule has 0 aliphatic heterocycles. The van der Waals surface area contributed by atoms with Crippen molar-refractivity contribution in [1.29, 1.82) is 0 Å². The third-order valence-corrected chi connectivity index (χ3v) is 8.40. The van der Waals surface area contributed by atoms with Crippen molar-refractivity contribution in [2.24, 2.45) is 0 Å². The summed E-state index contributed by atoms with van der Waals surface area (Å²) in [4.78, 5) is 12.7. The van der Waals surface area contributed by atoms with E-state index in [1.54, 1.807) is 60.7 Å². The molecule has 0 unspecified atom stereocenters. The van der Waals surface area contributed by atoms with E-state index in [0.29, 0.717) is 22.9 Å². The fourth-order valence-corrected chi connectivity index (χ4v) is 5.66. The second-order valence-corrected chi connectivity index (χ2v) is 12.9. The lowest BCUT2D eigenvalue weighted by Gasteiger charge is -2.22. The molecule has 0 aliphatic carbocycles. The number of ether oxygens (including phenoxy) is 1. The molecule has 0 atom stereocenters. The maximum absolute atomic E-state index is 12.7. The molecule has 2 N–H and O–H groups in total. The van der Waals surface area contributed by atoms with E-state index in [1.165, 1.54) is 24.3 Å². The highest BCUT2D eigenvalue weighted by atomic mass is 79.9. The molecule has 1 amide bonds. The van der Waals surface area contributed by atoms with E-state index in [2.05, 4.69) is 26.0 Å². The van der Waals surface area contributed by atoms with Gasteiger partial charge < -0.3 is 10.1 Å². The first-order valence-corrected chi connectivity index (χ1v) is 15.6. The average Bonchev–Trinajstić information content (AvgIpc) is 2.89. The number of anilines is 3. The normalized spacial score (nSPS) is 11.4. The number of nitrogens with zero attached hydrogens (tertiary/aromatic N) is 1. The Kier molecular flexibility index (Phi) is 8.58. The molecule has 4 aromatic rings. The molecule has 39 heavy (non-hydrogen) atoms. The summed E-state index contributed by atoms with van der Waals surface area (Å²) in [6.07, 6.45) is 1.01. The quantitative estimate of drug-likeness (QED) is 0.241. The molecule has 0 bridgehead atoms. The summed E-state index contributed by atoms with van der Waals surface area (Å²) >= 11 is 3.30. The Morgan fingerprint density at radius 3 is 1.92 bits per heavy atom. The van der Waals surface area contributed by atoms with E-state index in [-0.39, 0.29) is 10.6 Å². The lowest BCUT2D eigenvalue weighted by Crippen LogP contribution is -2.37. The Labute approximate surface area is 235 Å². The van der Waals surface area contributed by atoms with Crippen LogP contribution in [-0.2, 0) is 24.8 Å². The number of sulfonamides is 2. The molecule has 0 radical (unpaired) electrons. The van der Waals surface area contributed by atoms with Gasteiger partial charge in [-0.3, -0.25) is 13.8 Å². The summed E-state index contributed by atoms with van der Waals surface area (Å²) < 4.78 is 60.2. The van der Waals surface area contributed by atoms with Gasteiger partial charge in [-0.2, -0.15) is 0 Å². The number of benzene rings is 4. The first-order valence-electron chi connectivity index (χ1n) is 11.5. The molecule has 0 saturated carbocycles. The maximum Gasteiger partial charge on any atom is 0.261 e. The predicted octanol–water partition coefficient (Wildman–Crippen LogP) is 5.45. The molecule has 0 fully saturated rings. The fourth-order valence-electron chi connectivity index (χ4n) is 3.49. The van der Waals surface area contributed by atoms with Gasteiger partial charge >= 0.3 is 0 Å². The van der Waals surface area contributed by atoms with Crippen LogP contribution >= 0.6 is 15.9 Å². The van der Waals surface area contributed by atoms with Crippen molar-refractivity contribution in [3.05, 3.63) is 108 Å². The number of nitrogens with one attached hydrogen (secondary N) is 2. The summed E-state index contributed by atoms with van der Waals surface area (Å²) in [7, 11) is -7.64. The molecule has 0 saturated heterocycles. The van der Waals surface area contributed by atoms with Crippen LogP contribution < -0.4 is 19.1 Å². The van der Waals surface area contributed by atoms with Crippen LogP contribution in [0, 0.1) is 0 Å². The first-order chi connectivity index (χ1) is 18.5. The Hall–Kier alpha value is -3.87. The standard InChI is InChI=1S/C27H24BrN3O6S2/c1-38(33,34)31(23-13-15-25(16-14-23)37-24-5-3-2-4-6-24)19-27(32)29-21-11-17-26(18-12-21)39(35,36)30-22-9-7-20(28)8-10-22/h2-18,30H,19H2,1H3,(H,29,32). The van der Waals surface area contributed by atoms with Crippen LogP contribution in [0.25, 0.3) is 0 Å². The van der Waals surface area contributed by atoms with Gasteiger partial charge in [-0.15, -0.1) is 0 Å². The zero-order valence-corrected chi connectivity index (χ0v) is 23.8. The van der Waals surface area contributed by atoms with Gasteiger partial charge in [0.05, 0.1) is 16.8 Å². The van der Waals surface area contributed by atoms with Gasteiger partial charge in [-0.05, 0) is 84.9 Å². The third kappa shape index (κ3) is 7.82. The predicted molar refractivity (Wildman–Crippen MR) is 155 cm³/mol. The SMILES string of the molecule is CS(=O)(=O)N(CC(=O)Nc1ccc(S(=O)(=O)Nc2ccc(Br)cc2)cc1)c1ccc(Oc2ccccc2)cc1. The smallest absolute Gasteiger partial charge is 0.261 e. The van der Waals surface area contributed by atoms with Crippen LogP contribution in [0.1, 0.15) is 0 Å². The number of rotatable bonds is 10. The van der Waals surface area contributed by atoms with Gasteiger partial charge in [0.1, 0.15) is 18.0 Å². The van der Waals surface area contributed by atoms with Gasteiger partial charge in [0.15, 0.2) is 0 Å². The van der Waals surface area contributed by atoms with Crippen molar-refractivity contribution in [3.63, 3.8) is 0 Å². The lowest BCUT2D eigenvalue weighted by molar-refractivity contribution is -0.114. The minimum absolute atomic E-state index is 0.000934. The lowest BCUT2D eigenvalue weighted by atomic mass is 10.3. The molecule has 0 spiro atoms. The summed E-state index contributed by atoms with van der Waals surface area (Å²) in [5, 5.41) is 2.60. The molecule has 4 aromatic carbocycles. The number of carbonyl (C=O) groups excluding carboxylic acids is 1. The number of carbonyl (C=O) groups is 1. The van der Waals surface area contributed by atoms with E-state index in [0.717, 1.165) is 15.0 Å². The summed E-state index contributed by atoms with van der Waals surface area (Å²) in [5.74, 6) is 0.536. The van der Waals surface area contributed by atoms with Crippen LogP contribution in [-0.4, -0.2) is 35.5 Å². The number of hydrogen-bond donors (Lipinski definition) is 2. The van der Waals surface area contributed by atoms with Crippen LogP contribution in [0.2, 0.25) is 0 Å². The van der Waals surface area contributed by atoms with Gasteiger partial charge in [0, 0.05) is 15.8 Å². The van der Waals surface area contributed by atoms with Gasteiger partial charge in [-0.25, -0.2) is 16.8 Å². The Bertz CT molecular complexity index is 1650. The molecule has 0 heterocycles. The number of halogens is 1. The Morgan fingerprint density at radius 2 is 1.33 bits per heavy atom. The topological polar surface area (TPSA) is 122 Å². The molecular formula is C27H24BrN3O6S2. The van der Waals surface area contributed by atoms with Crippen molar-refractivity contribution in [2.75, 3.05) is 27.1 Å². The summed E-state index contributed by atoms with van der Waals surface area (Å²) in [6.45, 7) is -0.483. The van der Waals surface area contributed by atoms with Crippen molar-refractivity contribution in [1.82, 2.24) is 0 Å². The molecular weight excluding hydrogens is 606 g/mol. The fraction of sp³-hybridized carbons (Fsp3) is 0.0741. The van der Waals surface area contributed by atoms with E-state index in [4.69, 9.17) is 4.74 Å². The van der Waals surface area contributed by atoms with Crippen molar-refractivity contribution < 1.29 is 26.4 Å². The Balaban J connectivity index is 1.41. The third-order valence-electron chi connectivity index (χ3n) is 5.34. The van der Waals surface area contributed by atoms with E-state index >= 15 is 0 Å². The van der Waals surface area contributed by atoms with Crippen molar-refractivity contribution in [3.8, 4) is 11.5 Å². The van der Waals surface area contributed by atoms with Crippen LogP contribution in [0.3, 0.4) is 0 Å². The van der Waals surface area contributed by atoms with Crippen LogP contribution in [0.5, 0.6) is 11.5 Å². The van der Waals surface area contributed by atoms with E-state index < -0.39 is 32.5 Å². The van der Waals surface area contributed by atoms with Gasteiger partial charge in [0.25, 0.3) is 10.0 Å². The van der Waals surface area contributed by atoms with Gasteiger partial charge in [-0.1, -0.05) is 34.1 Å². The van der Waals surface area contributed by atoms with Gasteiger partial charge in [0.2, 0.25) is 15.9 Å². The average molecular weight is 631 g/mol. The number of amides is 1. The molecule has 0 aliphatic rings. The summed E-state index contributed by atoms with van der Waals surface area (Å²) in [5.41, 5.74) is 0.993. The second kappa shape index (κ2) is 11.9. The maximum atomic E-state index is 12.7. The number of hydrogen-bond acceptors (Lipinski definition) is 6. The Morgan fingerprint density at radius 1 is 0.769 bits per heavy atom. The van der Waals surface area contributed by atoms with Crippen LogP contribution in [0.15, 0.2) is 112 Å². The molecule has 12 heteroatoms. The van der Waals surface area contributed by atoms with Crippen molar-refractivity contribution >= 4 is 58.9 Å². The van der Waals surface area contributed by atoms with E-state index in [1.807, 2.05) is 18.2 Å². The monoisotopic (exact) mass is 629 g/mol. The molecule has 202 valence electrons. The molecule has 9 nitrogen and oxygen atoms in total. The zero-order valence-electron chi connectivity index (χ0n) is 20.6. The van der Waals surface area contributed by atoms with Crippen LogP contribution in [0.4, 0.5) is 17.1 Å². The minimum Gasteiger partial charge on any atom is -0.457 e. The van der Waals surface area contributed by atoms with Crippen molar-refractivity contribution in [2.45, 2.75) is 4.90 Å². The molecule has 4 rings (SSSR count). The number of para-hydroxylation sites is 1. The zero-order chi connectivity index (χ0) is 28.0. The molecule has 0 aromatic heterocycles.